The number of anilines is 1. The molecule has 3 aromatic carbocycles. The minimum atomic E-state index is -0.408. The molecular weight excluding hydrogens is 409 g/mol. The molecule has 148 valence electrons. The Kier molecular flexibility index (Phi) is 6.91. The summed E-state index contributed by atoms with van der Waals surface area (Å²) in [5, 5.41) is 0.956. The topological polar surface area (TPSA) is 46.6 Å². The van der Waals surface area contributed by atoms with E-state index in [1.807, 2.05) is 6.07 Å². The first-order valence-corrected chi connectivity index (χ1v) is 9.84. The molecule has 0 saturated carbocycles. The van der Waals surface area contributed by atoms with Crippen LogP contribution < -0.4 is 4.90 Å². The van der Waals surface area contributed by atoms with E-state index in [9.17, 15) is 9.59 Å². The summed E-state index contributed by atoms with van der Waals surface area (Å²) in [4.78, 5) is 26.7. The minimum absolute atomic E-state index is 0.186. The summed E-state index contributed by atoms with van der Waals surface area (Å²) in [7, 11) is 0. The molecule has 0 heterocycles. The maximum Gasteiger partial charge on any atom is 0.338 e. The fraction of sp³-hybridized carbons (Fsp3) is 0.130. The molecule has 0 radical (unpaired) electrons. The number of benzene rings is 3. The van der Waals surface area contributed by atoms with Crippen molar-refractivity contribution in [1.29, 1.82) is 0 Å². The highest BCUT2D eigenvalue weighted by Crippen LogP contribution is 2.29. The number of carbonyl (C=O) groups excluding carboxylic acids is 2. The smallest absolute Gasteiger partial charge is 0.338 e. The third-order valence-corrected chi connectivity index (χ3v) is 5.04. The lowest BCUT2D eigenvalue weighted by atomic mass is 10.1. The van der Waals surface area contributed by atoms with E-state index in [0.717, 1.165) is 0 Å². The minimum Gasteiger partial charge on any atom is -0.462 e. The summed E-state index contributed by atoms with van der Waals surface area (Å²) in [5.74, 6) is -0.611. The van der Waals surface area contributed by atoms with Crippen molar-refractivity contribution in [3.63, 3.8) is 0 Å². The maximum atomic E-state index is 13.2. The Morgan fingerprint density at radius 3 is 2.03 bits per heavy atom. The van der Waals surface area contributed by atoms with Gasteiger partial charge in [0.05, 0.1) is 18.7 Å². The first-order chi connectivity index (χ1) is 14.0. The fourth-order valence-electron chi connectivity index (χ4n) is 2.85. The monoisotopic (exact) mass is 427 g/mol. The van der Waals surface area contributed by atoms with Crippen molar-refractivity contribution in [2.75, 3.05) is 11.5 Å². The van der Waals surface area contributed by atoms with Crippen molar-refractivity contribution < 1.29 is 14.3 Å². The van der Waals surface area contributed by atoms with E-state index in [1.165, 1.54) is 0 Å². The lowest BCUT2D eigenvalue weighted by Crippen LogP contribution is -2.30. The number of nitrogens with zero attached hydrogens (tertiary/aromatic N) is 1. The summed E-state index contributed by atoms with van der Waals surface area (Å²) in [5.41, 5.74) is 2.21. The van der Waals surface area contributed by atoms with Crippen molar-refractivity contribution in [2.45, 2.75) is 13.5 Å². The van der Waals surface area contributed by atoms with Crippen molar-refractivity contribution in [2.24, 2.45) is 0 Å². The van der Waals surface area contributed by atoms with Crippen LogP contribution in [0.1, 0.15) is 33.2 Å². The van der Waals surface area contributed by atoms with Gasteiger partial charge in [0.1, 0.15) is 0 Å². The van der Waals surface area contributed by atoms with Crippen LogP contribution in [0.4, 0.5) is 5.69 Å². The Hall–Kier alpha value is -2.82. The quantitative estimate of drug-likeness (QED) is 0.452. The van der Waals surface area contributed by atoms with Gasteiger partial charge in [0.25, 0.3) is 5.91 Å². The van der Waals surface area contributed by atoms with Gasteiger partial charge in [0.15, 0.2) is 0 Å². The van der Waals surface area contributed by atoms with E-state index in [4.69, 9.17) is 27.9 Å². The van der Waals surface area contributed by atoms with Crippen LogP contribution in [0.15, 0.2) is 72.8 Å². The van der Waals surface area contributed by atoms with Gasteiger partial charge in [-0.25, -0.2) is 4.79 Å². The molecule has 4 nitrogen and oxygen atoms in total. The van der Waals surface area contributed by atoms with Gasteiger partial charge in [-0.15, -0.1) is 0 Å². The number of amides is 1. The molecule has 0 aliphatic rings. The highest BCUT2D eigenvalue weighted by molar-refractivity contribution is 6.36. The molecule has 0 aliphatic carbocycles. The lowest BCUT2D eigenvalue weighted by molar-refractivity contribution is 0.0526. The fourth-order valence-corrected chi connectivity index (χ4v) is 3.37. The van der Waals surface area contributed by atoms with E-state index in [1.54, 1.807) is 78.6 Å². The predicted molar refractivity (Wildman–Crippen MR) is 116 cm³/mol. The summed E-state index contributed by atoms with van der Waals surface area (Å²) in [6.45, 7) is 2.23. The van der Waals surface area contributed by atoms with Gasteiger partial charge in [-0.2, -0.15) is 0 Å². The average Bonchev–Trinajstić information content (AvgIpc) is 2.74. The molecule has 3 aromatic rings. The molecule has 0 aliphatic heterocycles. The van der Waals surface area contributed by atoms with Crippen LogP contribution in [-0.4, -0.2) is 18.5 Å². The number of esters is 1. The SMILES string of the molecule is CCOC(=O)c1ccc(N(Cc2c(Cl)cccc2Cl)C(=O)c2ccccc2)cc1. The largest absolute Gasteiger partial charge is 0.462 e. The average molecular weight is 428 g/mol. The second kappa shape index (κ2) is 9.59. The van der Waals surface area contributed by atoms with Crippen molar-refractivity contribution in [3.8, 4) is 0 Å². The number of carbonyl (C=O) groups is 2. The molecule has 3 rings (SSSR count). The molecule has 0 unspecified atom stereocenters. The van der Waals surface area contributed by atoms with E-state index >= 15 is 0 Å². The van der Waals surface area contributed by atoms with Gasteiger partial charge in [-0.05, 0) is 55.5 Å². The van der Waals surface area contributed by atoms with Crippen LogP contribution in [0.2, 0.25) is 10.0 Å². The molecule has 6 heteroatoms. The Bertz CT molecular complexity index is 984. The van der Waals surface area contributed by atoms with Gasteiger partial charge in [-0.3, -0.25) is 4.79 Å². The van der Waals surface area contributed by atoms with E-state index < -0.39 is 5.97 Å². The summed E-state index contributed by atoms with van der Waals surface area (Å²) in [6.07, 6.45) is 0. The summed E-state index contributed by atoms with van der Waals surface area (Å²) < 4.78 is 5.02. The van der Waals surface area contributed by atoms with E-state index in [2.05, 4.69) is 0 Å². The predicted octanol–water partition coefficient (Wildman–Crippen LogP) is 6.02. The standard InChI is InChI=1S/C23H19Cl2NO3/c1-2-29-23(28)17-11-13-18(14-12-17)26(22(27)16-7-4-3-5-8-16)15-19-20(24)9-6-10-21(19)25/h3-14H,2,15H2,1H3. The van der Waals surface area contributed by atoms with Crippen molar-refractivity contribution >= 4 is 40.8 Å². The molecular formula is C23H19Cl2NO3. The molecule has 29 heavy (non-hydrogen) atoms. The molecule has 0 fully saturated rings. The highest BCUT2D eigenvalue weighted by Gasteiger charge is 2.21. The molecule has 0 bridgehead atoms. The third-order valence-electron chi connectivity index (χ3n) is 4.33. The van der Waals surface area contributed by atoms with E-state index in [0.29, 0.717) is 39.0 Å². The normalized spacial score (nSPS) is 10.4. The Labute approximate surface area is 179 Å². The number of ether oxygens (including phenoxy) is 1. The zero-order valence-electron chi connectivity index (χ0n) is 15.8. The van der Waals surface area contributed by atoms with Crippen LogP contribution in [0.25, 0.3) is 0 Å². The zero-order valence-corrected chi connectivity index (χ0v) is 17.3. The van der Waals surface area contributed by atoms with Crippen molar-refractivity contribution in [3.05, 3.63) is 99.5 Å². The number of rotatable bonds is 6. The van der Waals surface area contributed by atoms with Crippen LogP contribution in [-0.2, 0) is 11.3 Å². The van der Waals surface area contributed by atoms with Crippen molar-refractivity contribution in [1.82, 2.24) is 0 Å². The summed E-state index contributed by atoms with van der Waals surface area (Å²) in [6, 6.07) is 20.8. The van der Waals surface area contributed by atoms with Crippen LogP contribution in [0.5, 0.6) is 0 Å². The highest BCUT2D eigenvalue weighted by atomic mass is 35.5. The molecule has 0 aromatic heterocycles. The number of halogens is 2. The second-order valence-electron chi connectivity index (χ2n) is 6.22. The Morgan fingerprint density at radius 2 is 1.45 bits per heavy atom. The van der Waals surface area contributed by atoms with Gasteiger partial charge >= 0.3 is 5.97 Å². The molecule has 0 atom stereocenters. The number of hydrogen-bond acceptors (Lipinski definition) is 3. The lowest BCUT2D eigenvalue weighted by Gasteiger charge is -2.24. The first kappa shape index (κ1) is 20.9. The Morgan fingerprint density at radius 1 is 0.828 bits per heavy atom. The molecule has 1 amide bonds. The Balaban J connectivity index is 1.99. The number of hydrogen-bond donors (Lipinski definition) is 0. The van der Waals surface area contributed by atoms with Crippen LogP contribution in [0.3, 0.4) is 0 Å². The maximum absolute atomic E-state index is 13.2. The first-order valence-electron chi connectivity index (χ1n) is 9.08. The second-order valence-corrected chi connectivity index (χ2v) is 7.04. The van der Waals surface area contributed by atoms with Gasteiger partial charge in [0.2, 0.25) is 0 Å². The zero-order chi connectivity index (χ0) is 20.8. The molecule has 0 spiro atoms. The van der Waals surface area contributed by atoms with Gasteiger partial charge < -0.3 is 9.64 Å². The van der Waals surface area contributed by atoms with E-state index in [-0.39, 0.29) is 12.5 Å². The van der Waals surface area contributed by atoms with Gasteiger partial charge in [0, 0.05) is 26.9 Å². The molecule has 0 N–H and O–H groups in total. The third kappa shape index (κ3) is 4.97. The van der Waals surface area contributed by atoms with Gasteiger partial charge in [-0.1, -0.05) is 47.5 Å². The van der Waals surface area contributed by atoms with Crippen LogP contribution in [0, 0.1) is 0 Å². The molecule has 0 saturated heterocycles. The summed E-state index contributed by atoms with van der Waals surface area (Å²) >= 11 is 12.7. The van der Waals surface area contributed by atoms with Crippen LogP contribution >= 0.6 is 23.2 Å².